The van der Waals surface area contributed by atoms with E-state index >= 15 is 0 Å². The van der Waals surface area contributed by atoms with Gasteiger partial charge in [0.25, 0.3) is 5.91 Å². The van der Waals surface area contributed by atoms with E-state index in [4.69, 9.17) is 4.74 Å². The highest BCUT2D eigenvalue weighted by molar-refractivity contribution is 5.95. The molecule has 140 valence electrons. The van der Waals surface area contributed by atoms with Gasteiger partial charge in [-0.15, -0.1) is 0 Å². The first-order valence-electron chi connectivity index (χ1n) is 9.45. The average Bonchev–Trinajstić information content (AvgIpc) is 3.42. The van der Waals surface area contributed by atoms with Gasteiger partial charge in [0.1, 0.15) is 11.6 Å². The maximum Gasteiger partial charge on any atom is 0.254 e. The highest BCUT2D eigenvalue weighted by Gasteiger charge is 2.52. The molecule has 0 bridgehead atoms. The first-order valence-corrected chi connectivity index (χ1v) is 9.45. The first kappa shape index (κ1) is 17.5. The lowest BCUT2D eigenvalue weighted by molar-refractivity contribution is -0.191. The number of carbonyl (C=O) groups is 2. The predicted octanol–water partition coefficient (Wildman–Crippen LogP) is 1.05. The van der Waals surface area contributed by atoms with E-state index in [9.17, 15) is 9.59 Å². The van der Waals surface area contributed by atoms with Gasteiger partial charge in [-0.1, -0.05) is 17.7 Å². The normalized spacial score (nSPS) is 25.0. The molecule has 3 fully saturated rings. The molecule has 6 nitrogen and oxygen atoms in total. The van der Waals surface area contributed by atoms with Crippen LogP contribution in [0.3, 0.4) is 0 Å². The molecule has 4 rings (SSSR count). The van der Waals surface area contributed by atoms with Crippen molar-refractivity contribution >= 4 is 11.8 Å². The fraction of sp³-hybridized carbons (Fsp3) is 0.600. The number of carbonyl (C=O) groups excluding carboxylic acids is 2. The van der Waals surface area contributed by atoms with Crippen LogP contribution in [-0.4, -0.2) is 73.1 Å². The summed E-state index contributed by atoms with van der Waals surface area (Å²) in [6.45, 7) is 5.27. The number of nitrogens with one attached hydrogen (secondary N) is 1. The predicted molar refractivity (Wildman–Crippen MR) is 97.9 cm³/mol. The number of rotatable bonds is 4. The van der Waals surface area contributed by atoms with Crippen molar-refractivity contribution in [2.75, 3.05) is 39.8 Å². The molecule has 1 saturated carbocycles. The van der Waals surface area contributed by atoms with E-state index in [0.717, 1.165) is 24.2 Å². The monoisotopic (exact) mass is 357 g/mol. The van der Waals surface area contributed by atoms with Gasteiger partial charge < -0.3 is 15.0 Å². The lowest BCUT2D eigenvalue weighted by Gasteiger charge is -2.55. The van der Waals surface area contributed by atoms with E-state index in [1.807, 2.05) is 36.1 Å². The number of aryl methyl sites for hydroxylation is 1. The molecule has 2 aliphatic heterocycles. The van der Waals surface area contributed by atoms with Gasteiger partial charge in [0.15, 0.2) is 0 Å². The minimum absolute atomic E-state index is 0.0208. The second kappa shape index (κ2) is 6.67. The van der Waals surface area contributed by atoms with Crippen LogP contribution in [-0.2, 0) is 9.53 Å². The van der Waals surface area contributed by atoms with Crippen molar-refractivity contribution in [3.8, 4) is 0 Å². The van der Waals surface area contributed by atoms with Crippen molar-refractivity contribution in [1.29, 1.82) is 0 Å². The molecule has 1 spiro atoms. The average molecular weight is 357 g/mol. The number of nitrogens with zero attached hydrogens (tertiary/aromatic N) is 2. The molecular formula is C20H27N3O3. The zero-order chi connectivity index (χ0) is 18.3. The van der Waals surface area contributed by atoms with Crippen LogP contribution >= 0.6 is 0 Å². The number of likely N-dealkylation sites (N-methyl/N-ethyl adjacent to an activating group) is 1. The van der Waals surface area contributed by atoms with Gasteiger partial charge in [-0.2, -0.15) is 0 Å². The van der Waals surface area contributed by atoms with E-state index in [1.54, 1.807) is 7.05 Å². The molecular weight excluding hydrogens is 330 g/mol. The number of hydrogen-bond acceptors (Lipinski definition) is 4. The molecule has 0 radical (unpaired) electrons. The molecule has 1 aromatic rings. The number of morpholine rings is 1. The third-order valence-corrected chi connectivity index (χ3v) is 5.73. The van der Waals surface area contributed by atoms with E-state index in [-0.39, 0.29) is 23.5 Å². The molecule has 1 aliphatic carbocycles. The fourth-order valence-electron chi connectivity index (χ4n) is 4.06. The number of hydrogen-bond donors (Lipinski definition) is 1. The number of benzene rings is 1. The zero-order valence-electron chi connectivity index (χ0n) is 15.5. The van der Waals surface area contributed by atoms with Gasteiger partial charge in [-0.3, -0.25) is 14.5 Å². The Morgan fingerprint density at radius 2 is 2.04 bits per heavy atom. The zero-order valence-corrected chi connectivity index (χ0v) is 15.5. The Morgan fingerprint density at radius 3 is 2.69 bits per heavy atom. The van der Waals surface area contributed by atoms with Crippen molar-refractivity contribution in [3.63, 3.8) is 0 Å². The van der Waals surface area contributed by atoms with Crippen molar-refractivity contribution in [2.45, 2.75) is 31.4 Å². The number of likely N-dealkylation sites (tertiary alicyclic amines) is 1. The summed E-state index contributed by atoms with van der Waals surface area (Å²) < 4.78 is 6.11. The molecule has 3 aliphatic rings. The van der Waals surface area contributed by atoms with Gasteiger partial charge in [0, 0.05) is 25.7 Å². The Bertz CT molecular complexity index is 710. The van der Waals surface area contributed by atoms with Crippen LogP contribution in [0.5, 0.6) is 0 Å². The second-order valence-corrected chi connectivity index (χ2v) is 8.03. The van der Waals surface area contributed by atoms with E-state index in [1.165, 1.54) is 12.8 Å². The second-order valence-electron chi connectivity index (χ2n) is 8.03. The molecule has 1 unspecified atom stereocenters. The van der Waals surface area contributed by atoms with E-state index in [0.29, 0.717) is 25.6 Å². The smallest absolute Gasteiger partial charge is 0.254 e. The van der Waals surface area contributed by atoms with Crippen LogP contribution in [0.2, 0.25) is 0 Å². The van der Waals surface area contributed by atoms with Gasteiger partial charge in [0.05, 0.1) is 19.7 Å². The molecule has 2 heterocycles. The molecule has 6 heteroatoms. The highest BCUT2D eigenvalue weighted by Crippen LogP contribution is 2.36. The van der Waals surface area contributed by atoms with Crippen molar-refractivity contribution in [1.82, 2.24) is 15.1 Å². The van der Waals surface area contributed by atoms with Crippen LogP contribution in [0.15, 0.2) is 24.3 Å². The number of ether oxygens (including phenoxy) is 1. The lowest BCUT2D eigenvalue weighted by atomic mass is 9.89. The molecule has 2 amide bonds. The van der Waals surface area contributed by atoms with Crippen molar-refractivity contribution < 1.29 is 14.3 Å². The van der Waals surface area contributed by atoms with Crippen molar-refractivity contribution in [2.24, 2.45) is 5.92 Å². The molecule has 0 aromatic heterocycles. The Hall–Kier alpha value is -1.92. The van der Waals surface area contributed by atoms with Crippen molar-refractivity contribution in [3.05, 3.63) is 35.4 Å². The molecule has 1 atom stereocenters. The standard InChI is InChI=1S/C20H27N3O3/c1-14-4-3-5-16(8-14)19(25)23-12-20(13-23)11-22(9-15-6-7-15)17(10-26-20)18(24)21-2/h3-5,8,15,17H,6-7,9-13H2,1-2H3,(H,21,24). The summed E-state index contributed by atoms with van der Waals surface area (Å²) in [5, 5.41) is 2.75. The summed E-state index contributed by atoms with van der Waals surface area (Å²) in [4.78, 5) is 29.0. The summed E-state index contributed by atoms with van der Waals surface area (Å²) in [5.74, 6) is 0.792. The van der Waals surface area contributed by atoms with E-state index < -0.39 is 0 Å². The van der Waals surface area contributed by atoms with Crippen LogP contribution in [0, 0.1) is 12.8 Å². The molecule has 1 aromatic carbocycles. The topological polar surface area (TPSA) is 61.9 Å². The SMILES string of the molecule is CNC(=O)C1COC2(CN(C(=O)c3cccc(C)c3)C2)CN1CC1CC1. The summed E-state index contributed by atoms with van der Waals surface area (Å²) in [6, 6.07) is 7.49. The Kier molecular flexibility index (Phi) is 4.49. The maximum absolute atomic E-state index is 12.7. The largest absolute Gasteiger partial charge is 0.368 e. The quantitative estimate of drug-likeness (QED) is 0.875. The number of amides is 2. The molecule has 1 N–H and O–H groups in total. The minimum Gasteiger partial charge on any atom is -0.368 e. The minimum atomic E-state index is -0.321. The summed E-state index contributed by atoms with van der Waals surface area (Å²) in [5.41, 5.74) is 1.50. The van der Waals surface area contributed by atoms with Gasteiger partial charge in [-0.05, 0) is 37.8 Å². The van der Waals surface area contributed by atoms with Crippen LogP contribution in [0.4, 0.5) is 0 Å². The van der Waals surface area contributed by atoms with Crippen LogP contribution in [0.25, 0.3) is 0 Å². The molecule has 2 saturated heterocycles. The summed E-state index contributed by atoms with van der Waals surface area (Å²) in [6.07, 6.45) is 2.51. The summed E-state index contributed by atoms with van der Waals surface area (Å²) in [7, 11) is 1.67. The highest BCUT2D eigenvalue weighted by atomic mass is 16.5. The van der Waals surface area contributed by atoms with Gasteiger partial charge >= 0.3 is 0 Å². The summed E-state index contributed by atoms with van der Waals surface area (Å²) >= 11 is 0. The first-order chi connectivity index (χ1) is 12.5. The van der Waals surface area contributed by atoms with Crippen LogP contribution in [0.1, 0.15) is 28.8 Å². The van der Waals surface area contributed by atoms with Crippen LogP contribution < -0.4 is 5.32 Å². The molecule has 26 heavy (non-hydrogen) atoms. The van der Waals surface area contributed by atoms with E-state index in [2.05, 4.69) is 10.2 Å². The van der Waals surface area contributed by atoms with Gasteiger partial charge in [-0.25, -0.2) is 0 Å². The Balaban J connectivity index is 1.41. The maximum atomic E-state index is 12.7. The van der Waals surface area contributed by atoms with Gasteiger partial charge in [0.2, 0.25) is 5.91 Å². The lowest BCUT2D eigenvalue weighted by Crippen LogP contribution is -2.73. The third-order valence-electron chi connectivity index (χ3n) is 5.73. The Labute approximate surface area is 154 Å². The third kappa shape index (κ3) is 3.35. The fourth-order valence-corrected chi connectivity index (χ4v) is 4.06. The Morgan fingerprint density at radius 1 is 1.27 bits per heavy atom.